The Kier molecular flexibility index (Phi) is 4.73. The summed E-state index contributed by atoms with van der Waals surface area (Å²) < 4.78 is 0. The number of amides is 2. The fraction of sp³-hybridized carbons (Fsp3) is 0.625. The maximum atomic E-state index is 12.7. The maximum Gasteiger partial charge on any atom is 0.227 e. The third-order valence-electron chi connectivity index (χ3n) is 4.64. The van der Waals surface area contributed by atoms with Crippen LogP contribution in [0.5, 0.6) is 0 Å². The molecule has 2 saturated heterocycles. The summed E-state index contributed by atoms with van der Waals surface area (Å²) in [5.41, 5.74) is 0. The van der Waals surface area contributed by atoms with E-state index in [0.717, 1.165) is 38.4 Å². The van der Waals surface area contributed by atoms with Gasteiger partial charge in [-0.3, -0.25) is 9.59 Å². The number of carbonyl (C=O) groups is 2. The van der Waals surface area contributed by atoms with E-state index in [1.54, 1.807) is 30.3 Å². The number of anilines is 1. The highest BCUT2D eigenvalue weighted by Gasteiger charge is 2.32. The van der Waals surface area contributed by atoms with Crippen LogP contribution in [0.4, 0.5) is 5.95 Å². The van der Waals surface area contributed by atoms with Crippen LogP contribution < -0.4 is 4.90 Å². The highest BCUT2D eigenvalue weighted by molar-refractivity contribution is 5.81. The van der Waals surface area contributed by atoms with E-state index >= 15 is 0 Å². The molecule has 0 radical (unpaired) electrons. The van der Waals surface area contributed by atoms with Gasteiger partial charge in [0.2, 0.25) is 17.8 Å². The summed E-state index contributed by atoms with van der Waals surface area (Å²) in [6.45, 7) is 5.79. The molecule has 0 bridgehead atoms. The van der Waals surface area contributed by atoms with E-state index in [0.29, 0.717) is 19.6 Å². The van der Waals surface area contributed by atoms with Crippen molar-refractivity contribution in [1.82, 2.24) is 19.8 Å². The lowest BCUT2D eigenvalue weighted by Gasteiger charge is -2.38. The molecule has 1 aromatic rings. The lowest BCUT2D eigenvalue weighted by Crippen LogP contribution is -2.53. The number of carbonyl (C=O) groups excluding carboxylic acids is 2. The van der Waals surface area contributed by atoms with Gasteiger partial charge in [0.1, 0.15) is 0 Å². The van der Waals surface area contributed by atoms with Crippen molar-refractivity contribution < 1.29 is 9.59 Å². The minimum absolute atomic E-state index is 0.0489. The first-order chi connectivity index (χ1) is 11.1. The van der Waals surface area contributed by atoms with Crippen LogP contribution in [0, 0.1) is 5.92 Å². The zero-order valence-corrected chi connectivity index (χ0v) is 13.5. The first kappa shape index (κ1) is 15.7. The fourth-order valence-electron chi connectivity index (χ4n) is 3.30. The van der Waals surface area contributed by atoms with E-state index in [4.69, 9.17) is 0 Å². The van der Waals surface area contributed by atoms with Crippen LogP contribution in [0.2, 0.25) is 0 Å². The summed E-state index contributed by atoms with van der Waals surface area (Å²) in [5, 5.41) is 0. The smallest absolute Gasteiger partial charge is 0.227 e. The molecule has 0 unspecified atom stereocenters. The lowest BCUT2D eigenvalue weighted by atomic mass is 9.96. The molecule has 2 fully saturated rings. The van der Waals surface area contributed by atoms with Gasteiger partial charge in [0.05, 0.1) is 5.92 Å². The van der Waals surface area contributed by atoms with Crippen molar-refractivity contribution in [2.24, 2.45) is 5.92 Å². The zero-order chi connectivity index (χ0) is 16.2. The second kappa shape index (κ2) is 6.93. The topological polar surface area (TPSA) is 69.6 Å². The van der Waals surface area contributed by atoms with E-state index < -0.39 is 0 Å². The molecule has 23 heavy (non-hydrogen) atoms. The van der Waals surface area contributed by atoms with Crippen molar-refractivity contribution in [3.05, 3.63) is 18.5 Å². The van der Waals surface area contributed by atoms with Gasteiger partial charge >= 0.3 is 0 Å². The summed E-state index contributed by atoms with van der Waals surface area (Å²) in [6, 6.07) is 1.80. The van der Waals surface area contributed by atoms with Crippen LogP contribution in [0.25, 0.3) is 0 Å². The second-order valence-corrected chi connectivity index (χ2v) is 6.17. The minimum atomic E-state index is -0.0489. The summed E-state index contributed by atoms with van der Waals surface area (Å²) in [6.07, 6.45) is 5.26. The molecular formula is C16H23N5O2. The van der Waals surface area contributed by atoms with E-state index in [2.05, 4.69) is 14.9 Å². The summed E-state index contributed by atoms with van der Waals surface area (Å²) in [7, 11) is 0. The molecule has 2 aliphatic heterocycles. The molecule has 0 saturated carbocycles. The average molecular weight is 317 g/mol. The van der Waals surface area contributed by atoms with Crippen LogP contribution in [0.15, 0.2) is 18.5 Å². The van der Waals surface area contributed by atoms with Gasteiger partial charge in [-0.05, 0) is 18.9 Å². The number of piperidine rings is 1. The van der Waals surface area contributed by atoms with Gasteiger partial charge in [-0.1, -0.05) is 0 Å². The van der Waals surface area contributed by atoms with E-state index in [9.17, 15) is 9.59 Å². The van der Waals surface area contributed by atoms with Gasteiger partial charge in [0, 0.05) is 58.6 Å². The molecule has 2 aliphatic rings. The number of likely N-dealkylation sites (tertiary alicyclic amines) is 1. The highest BCUT2D eigenvalue weighted by Crippen LogP contribution is 2.20. The summed E-state index contributed by atoms with van der Waals surface area (Å²) >= 11 is 0. The fourth-order valence-corrected chi connectivity index (χ4v) is 3.30. The third-order valence-corrected chi connectivity index (χ3v) is 4.64. The van der Waals surface area contributed by atoms with Crippen LogP contribution in [0.1, 0.15) is 19.8 Å². The predicted octanol–water partition coefficient (Wildman–Crippen LogP) is 0.384. The van der Waals surface area contributed by atoms with Gasteiger partial charge in [-0.2, -0.15) is 0 Å². The molecule has 0 aromatic carbocycles. The molecule has 2 amide bonds. The molecule has 124 valence electrons. The number of hydrogen-bond acceptors (Lipinski definition) is 5. The Labute approximate surface area is 136 Å². The largest absolute Gasteiger partial charge is 0.342 e. The Bertz CT molecular complexity index is 557. The average Bonchev–Trinajstić information content (AvgIpc) is 2.62. The molecule has 1 atom stereocenters. The molecule has 3 heterocycles. The standard InChI is InChI=1S/C16H23N5O2/c1-13(22)21-7-2-4-14(12-21)15(23)19-8-10-20(11-9-19)16-17-5-3-6-18-16/h3,5-6,14H,2,4,7-12H2,1H3/t14-/m1/s1. The van der Waals surface area contributed by atoms with E-state index in [-0.39, 0.29) is 17.7 Å². The predicted molar refractivity (Wildman–Crippen MR) is 85.8 cm³/mol. The van der Waals surface area contributed by atoms with Crippen molar-refractivity contribution in [3.63, 3.8) is 0 Å². The second-order valence-electron chi connectivity index (χ2n) is 6.17. The molecule has 0 N–H and O–H groups in total. The number of rotatable bonds is 2. The van der Waals surface area contributed by atoms with Gasteiger partial charge < -0.3 is 14.7 Å². The van der Waals surface area contributed by atoms with E-state index in [1.165, 1.54) is 0 Å². The van der Waals surface area contributed by atoms with Crippen LogP contribution >= 0.6 is 0 Å². The monoisotopic (exact) mass is 317 g/mol. The first-order valence-corrected chi connectivity index (χ1v) is 8.21. The van der Waals surface area contributed by atoms with Crippen molar-refractivity contribution in [2.75, 3.05) is 44.2 Å². The van der Waals surface area contributed by atoms with Gasteiger partial charge in [-0.25, -0.2) is 9.97 Å². The van der Waals surface area contributed by atoms with Crippen LogP contribution in [0.3, 0.4) is 0 Å². The minimum Gasteiger partial charge on any atom is -0.342 e. The van der Waals surface area contributed by atoms with Crippen LogP contribution in [-0.4, -0.2) is 70.9 Å². The first-order valence-electron chi connectivity index (χ1n) is 8.21. The Hall–Kier alpha value is -2.18. The number of piperazine rings is 1. The van der Waals surface area contributed by atoms with E-state index in [1.807, 2.05) is 4.90 Å². The molecular weight excluding hydrogens is 294 g/mol. The van der Waals surface area contributed by atoms with Crippen molar-refractivity contribution in [2.45, 2.75) is 19.8 Å². The molecule has 1 aromatic heterocycles. The Morgan fingerprint density at radius 1 is 1.04 bits per heavy atom. The normalized spacial score (nSPS) is 22.1. The number of hydrogen-bond donors (Lipinski definition) is 0. The van der Waals surface area contributed by atoms with Gasteiger partial charge in [-0.15, -0.1) is 0 Å². The zero-order valence-electron chi connectivity index (χ0n) is 13.5. The maximum absolute atomic E-state index is 12.7. The Morgan fingerprint density at radius 3 is 2.39 bits per heavy atom. The molecule has 3 rings (SSSR count). The number of aromatic nitrogens is 2. The Morgan fingerprint density at radius 2 is 1.74 bits per heavy atom. The van der Waals surface area contributed by atoms with Crippen molar-refractivity contribution in [1.29, 1.82) is 0 Å². The molecule has 0 spiro atoms. The van der Waals surface area contributed by atoms with Crippen LogP contribution in [-0.2, 0) is 9.59 Å². The molecule has 7 heteroatoms. The van der Waals surface area contributed by atoms with Crippen molar-refractivity contribution >= 4 is 17.8 Å². The molecule has 7 nitrogen and oxygen atoms in total. The van der Waals surface area contributed by atoms with Gasteiger partial charge in [0.25, 0.3) is 0 Å². The third kappa shape index (κ3) is 3.60. The summed E-state index contributed by atoms with van der Waals surface area (Å²) in [4.78, 5) is 38.6. The number of nitrogens with zero attached hydrogens (tertiary/aromatic N) is 5. The molecule has 0 aliphatic carbocycles. The van der Waals surface area contributed by atoms with Crippen molar-refractivity contribution in [3.8, 4) is 0 Å². The summed E-state index contributed by atoms with van der Waals surface area (Å²) in [5.74, 6) is 0.922. The lowest BCUT2D eigenvalue weighted by molar-refractivity contribution is -0.140. The van der Waals surface area contributed by atoms with Gasteiger partial charge in [0.15, 0.2) is 0 Å². The SMILES string of the molecule is CC(=O)N1CCC[C@@H](C(=O)N2CCN(c3ncccn3)CC2)C1. The highest BCUT2D eigenvalue weighted by atomic mass is 16.2. The Balaban J connectivity index is 1.55. The quantitative estimate of drug-likeness (QED) is 0.789.